The Balaban J connectivity index is 1.53. The Hall–Kier alpha value is -1.33. The van der Waals surface area contributed by atoms with Gasteiger partial charge in [0.05, 0.1) is 6.07 Å². The summed E-state index contributed by atoms with van der Waals surface area (Å²) >= 11 is 0. The van der Waals surface area contributed by atoms with Gasteiger partial charge in [-0.05, 0) is 23.3 Å². The van der Waals surface area contributed by atoms with Crippen molar-refractivity contribution >= 4 is 0 Å². The van der Waals surface area contributed by atoms with E-state index in [4.69, 9.17) is 5.26 Å². The van der Waals surface area contributed by atoms with Crippen LogP contribution in [0.4, 0.5) is 0 Å². The van der Waals surface area contributed by atoms with Crippen molar-refractivity contribution in [3.05, 3.63) is 35.9 Å². The van der Waals surface area contributed by atoms with Crippen molar-refractivity contribution in [2.24, 2.45) is 17.8 Å². The molecule has 2 heteroatoms. The van der Waals surface area contributed by atoms with Crippen molar-refractivity contribution in [1.82, 2.24) is 4.90 Å². The molecule has 0 spiro atoms. The fourth-order valence-corrected chi connectivity index (χ4v) is 3.12. The lowest BCUT2D eigenvalue weighted by molar-refractivity contribution is 0.278. The number of piperidine rings is 1. The quantitative estimate of drug-likeness (QED) is 0.768. The lowest BCUT2D eigenvalue weighted by Crippen LogP contribution is -2.23. The standard InChI is InChI=1S/C14H16N2/c15-7-6-12-13-9-16(10-14(12)13)8-11-4-2-1-3-5-11/h1-5,12-14H,6,8-10H2/t12-,13+,14-. The molecule has 0 N–H and O–H groups in total. The molecule has 1 aromatic carbocycles. The molecule has 0 unspecified atom stereocenters. The number of benzene rings is 1. The van der Waals surface area contributed by atoms with Crippen LogP contribution in [-0.2, 0) is 6.54 Å². The third-order valence-corrected chi connectivity index (χ3v) is 4.02. The van der Waals surface area contributed by atoms with Gasteiger partial charge in [0.2, 0.25) is 0 Å². The summed E-state index contributed by atoms with van der Waals surface area (Å²) < 4.78 is 0. The summed E-state index contributed by atoms with van der Waals surface area (Å²) in [6.45, 7) is 3.48. The second kappa shape index (κ2) is 3.92. The highest BCUT2D eigenvalue weighted by molar-refractivity contribution is 5.16. The molecule has 1 heterocycles. The minimum Gasteiger partial charge on any atom is -0.298 e. The van der Waals surface area contributed by atoms with E-state index in [9.17, 15) is 0 Å². The fourth-order valence-electron chi connectivity index (χ4n) is 3.12. The Morgan fingerprint density at radius 2 is 1.88 bits per heavy atom. The van der Waals surface area contributed by atoms with E-state index in [0.717, 1.165) is 30.7 Å². The summed E-state index contributed by atoms with van der Waals surface area (Å²) in [7, 11) is 0. The van der Waals surface area contributed by atoms with Crippen LogP contribution in [0.1, 0.15) is 12.0 Å². The third-order valence-electron chi connectivity index (χ3n) is 4.02. The maximum atomic E-state index is 8.67. The number of nitrogens with zero attached hydrogens (tertiary/aromatic N) is 2. The second-order valence-electron chi connectivity index (χ2n) is 5.03. The van der Waals surface area contributed by atoms with E-state index in [1.807, 2.05) is 0 Å². The summed E-state index contributed by atoms with van der Waals surface area (Å²) in [5, 5.41) is 8.67. The van der Waals surface area contributed by atoms with Crippen LogP contribution >= 0.6 is 0 Å². The van der Waals surface area contributed by atoms with E-state index in [0.29, 0.717) is 0 Å². The highest BCUT2D eigenvalue weighted by Gasteiger charge is 2.54. The zero-order valence-corrected chi connectivity index (χ0v) is 9.34. The van der Waals surface area contributed by atoms with Gasteiger partial charge in [-0.15, -0.1) is 0 Å². The molecule has 3 rings (SSSR count). The summed E-state index contributed by atoms with van der Waals surface area (Å²) in [4.78, 5) is 2.53. The van der Waals surface area contributed by atoms with E-state index in [-0.39, 0.29) is 0 Å². The van der Waals surface area contributed by atoms with Gasteiger partial charge in [-0.2, -0.15) is 5.26 Å². The smallest absolute Gasteiger partial charge is 0.0624 e. The molecule has 2 fully saturated rings. The first-order chi connectivity index (χ1) is 7.88. The van der Waals surface area contributed by atoms with Gasteiger partial charge in [0.15, 0.2) is 0 Å². The summed E-state index contributed by atoms with van der Waals surface area (Å²) in [5.74, 6) is 2.36. The molecule has 1 saturated heterocycles. The van der Waals surface area contributed by atoms with Gasteiger partial charge in [-0.1, -0.05) is 30.3 Å². The summed E-state index contributed by atoms with van der Waals surface area (Å²) in [6.07, 6.45) is 0.772. The van der Waals surface area contributed by atoms with Crippen molar-refractivity contribution in [2.45, 2.75) is 13.0 Å². The number of hydrogen-bond donors (Lipinski definition) is 0. The van der Waals surface area contributed by atoms with Crippen LogP contribution < -0.4 is 0 Å². The van der Waals surface area contributed by atoms with Crippen LogP contribution in [0.2, 0.25) is 0 Å². The molecular formula is C14H16N2. The molecule has 0 amide bonds. The molecule has 0 aromatic heterocycles. The van der Waals surface area contributed by atoms with Gasteiger partial charge >= 0.3 is 0 Å². The molecule has 1 aliphatic carbocycles. The maximum absolute atomic E-state index is 8.67. The average Bonchev–Trinajstić information content (AvgIpc) is 2.76. The van der Waals surface area contributed by atoms with Crippen LogP contribution in [0.3, 0.4) is 0 Å². The van der Waals surface area contributed by atoms with E-state index in [2.05, 4.69) is 41.3 Å². The van der Waals surface area contributed by atoms with Crippen LogP contribution in [0.15, 0.2) is 30.3 Å². The minimum atomic E-state index is 0.719. The van der Waals surface area contributed by atoms with Crippen molar-refractivity contribution < 1.29 is 0 Å². The van der Waals surface area contributed by atoms with Gasteiger partial charge in [0.25, 0.3) is 0 Å². The molecule has 0 bridgehead atoms. The lowest BCUT2D eigenvalue weighted by atomic mass is 10.2. The molecule has 2 aliphatic rings. The van der Waals surface area contributed by atoms with Gasteiger partial charge in [0.1, 0.15) is 0 Å². The summed E-state index contributed by atoms with van der Waals surface area (Å²) in [6, 6.07) is 13.0. The number of rotatable bonds is 3. The van der Waals surface area contributed by atoms with Crippen LogP contribution in [-0.4, -0.2) is 18.0 Å². The van der Waals surface area contributed by atoms with Gasteiger partial charge in [-0.3, -0.25) is 4.90 Å². The van der Waals surface area contributed by atoms with Crippen molar-refractivity contribution in [1.29, 1.82) is 5.26 Å². The van der Waals surface area contributed by atoms with Gasteiger partial charge in [0, 0.05) is 26.1 Å². The topological polar surface area (TPSA) is 27.0 Å². The maximum Gasteiger partial charge on any atom is 0.0624 e. The largest absolute Gasteiger partial charge is 0.298 e. The number of nitriles is 1. The lowest BCUT2D eigenvalue weighted by Gasteiger charge is -2.18. The molecule has 82 valence electrons. The Morgan fingerprint density at radius 3 is 2.50 bits per heavy atom. The molecule has 1 aromatic rings. The molecule has 1 aliphatic heterocycles. The second-order valence-corrected chi connectivity index (χ2v) is 5.03. The number of hydrogen-bond acceptors (Lipinski definition) is 2. The van der Waals surface area contributed by atoms with E-state index in [1.165, 1.54) is 18.7 Å². The highest BCUT2D eigenvalue weighted by atomic mass is 15.2. The monoisotopic (exact) mass is 212 g/mol. The zero-order valence-electron chi connectivity index (χ0n) is 9.34. The number of fused-ring (bicyclic) bond motifs is 1. The average molecular weight is 212 g/mol. The Labute approximate surface area is 96.5 Å². The predicted molar refractivity (Wildman–Crippen MR) is 62.4 cm³/mol. The summed E-state index contributed by atoms with van der Waals surface area (Å²) in [5.41, 5.74) is 1.40. The van der Waals surface area contributed by atoms with Crippen LogP contribution in [0.5, 0.6) is 0 Å². The first kappa shape index (κ1) is 9.86. The molecule has 0 radical (unpaired) electrons. The van der Waals surface area contributed by atoms with Crippen molar-refractivity contribution in [3.8, 4) is 6.07 Å². The van der Waals surface area contributed by atoms with Gasteiger partial charge in [-0.25, -0.2) is 0 Å². The van der Waals surface area contributed by atoms with Crippen molar-refractivity contribution in [3.63, 3.8) is 0 Å². The molecule has 1 saturated carbocycles. The van der Waals surface area contributed by atoms with Crippen LogP contribution in [0, 0.1) is 29.1 Å². The third kappa shape index (κ3) is 1.72. The molecule has 2 nitrogen and oxygen atoms in total. The van der Waals surface area contributed by atoms with Crippen LogP contribution in [0.25, 0.3) is 0 Å². The Kier molecular flexibility index (Phi) is 2.41. The molecule has 16 heavy (non-hydrogen) atoms. The van der Waals surface area contributed by atoms with E-state index < -0.39 is 0 Å². The Morgan fingerprint density at radius 1 is 1.19 bits per heavy atom. The number of likely N-dealkylation sites (tertiary alicyclic amines) is 1. The minimum absolute atomic E-state index is 0.719. The first-order valence-electron chi connectivity index (χ1n) is 6.01. The SMILES string of the molecule is N#CC[C@H]1[C@H]2CN(Cc3ccccc3)C[C@@H]12. The van der Waals surface area contributed by atoms with E-state index >= 15 is 0 Å². The highest BCUT2D eigenvalue weighted by Crippen LogP contribution is 2.53. The molecular weight excluding hydrogens is 196 g/mol. The van der Waals surface area contributed by atoms with Crippen molar-refractivity contribution in [2.75, 3.05) is 13.1 Å². The first-order valence-corrected chi connectivity index (χ1v) is 6.01. The zero-order chi connectivity index (χ0) is 11.0. The fraction of sp³-hybridized carbons (Fsp3) is 0.500. The normalized spacial score (nSPS) is 32.1. The van der Waals surface area contributed by atoms with E-state index in [1.54, 1.807) is 0 Å². The predicted octanol–water partition coefficient (Wildman–Crippen LogP) is 2.28. The Bertz CT molecular complexity index is 394. The van der Waals surface area contributed by atoms with Gasteiger partial charge < -0.3 is 0 Å². The molecule has 3 atom stereocenters.